The average molecular weight is 264 g/mol. The van der Waals surface area contributed by atoms with Gasteiger partial charge in [0, 0.05) is 12.1 Å². The first kappa shape index (κ1) is 14.6. The van der Waals surface area contributed by atoms with Crippen molar-refractivity contribution in [2.75, 3.05) is 32.7 Å². The van der Waals surface area contributed by atoms with E-state index in [1.807, 2.05) is 6.07 Å². The molecule has 1 N–H and O–H groups in total. The summed E-state index contributed by atoms with van der Waals surface area (Å²) in [5.41, 5.74) is 0.857. The van der Waals surface area contributed by atoms with E-state index >= 15 is 0 Å². The summed E-state index contributed by atoms with van der Waals surface area (Å²) in [6.07, 6.45) is 0. The zero-order chi connectivity index (χ0) is 14.3. The Kier molecular flexibility index (Phi) is 5.48. The van der Waals surface area contributed by atoms with Gasteiger partial charge in [-0.2, -0.15) is 5.26 Å². The van der Waals surface area contributed by atoms with Crippen LogP contribution in [0.25, 0.3) is 0 Å². The average Bonchev–Trinajstić information content (AvgIpc) is 2.44. The van der Waals surface area contributed by atoms with Gasteiger partial charge in [0.05, 0.1) is 32.1 Å². The first-order valence-electron chi connectivity index (χ1n) is 5.71. The van der Waals surface area contributed by atoms with Crippen LogP contribution in [0.5, 0.6) is 11.5 Å². The maximum absolute atomic E-state index is 11.3. The van der Waals surface area contributed by atoms with Crippen LogP contribution in [-0.4, -0.2) is 33.3 Å². The van der Waals surface area contributed by atoms with E-state index < -0.39 is 0 Å². The summed E-state index contributed by atoms with van der Waals surface area (Å²) in [6.45, 7) is 2.03. The molecule has 0 amide bonds. The lowest BCUT2D eigenvalue weighted by Crippen LogP contribution is -2.17. The Balaban J connectivity index is 2.93. The molecule has 6 heteroatoms. The SMILES string of the molecule is CCOC(=O)CNc1cc(OC)c(OC)cc1C#N. The van der Waals surface area contributed by atoms with Crippen LogP contribution in [0.1, 0.15) is 12.5 Å². The predicted octanol–water partition coefficient (Wildman–Crippen LogP) is 1.55. The number of hydrogen-bond acceptors (Lipinski definition) is 6. The number of esters is 1. The van der Waals surface area contributed by atoms with Crippen molar-refractivity contribution < 1.29 is 19.0 Å². The quantitative estimate of drug-likeness (QED) is 0.785. The molecule has 0 aliphatic rings. The van der Waals surface area contributed by atoms with Crippen LogP contribution in [-0.2, 0) is 9.53 Å². The molecule has 6 nitrogen and oxygen atoms in total. The van der Waals surface area contributed by atoms with E-state index in [4.69, 9.17) is 19.5 Å². The van der Waals surface area contributed by atoms with Crippen molar-refractivity contribution in [1.29, 1.82) is 5.26 Å². The van der Waals surface area contributed by atoms with Gasteiger partial charge in [-0.05, 0) is 6.92 Å². The minimum atomic E-state index is -0.388. The van der Waals surface area contributed by atoms with Gasteiger partial charge in [0.25, 0.3) is 0 Å². The van der Waals surface area contributed by atoms with E-state index in [0.29, 0.717) is 29.4 Å². The Morgan fingerprint density at radius 3 is 2.47 bits per heavy atom. The number of benzene rings is 1. The van der Waals surface area contributed by atoms with Gasteiger partial charge in [-0.1, -0.05) is 0 Å². The van der Waals surface area contributed by atoms with Crippen molar-refractivity contribution >= 4 is 11.7 Å². The van der Waals surface area contributed by atoms with Crippen molar-refractivity contribution in [2.45, 2.75) is 6.92 Å². The van der Waals surface area contributed by atoms with Crippen molar-refractivity contribution in [1.82, 2.24) is 0 Å². The van der Waals surface area contributed by atoms with Crippen LogP contribution >= 0.6 is 0 Å². The number of nitriles is 1. The highest BCUT2D eigenvalue weighted by atomic mass is 16.5. The number of carbonyl (C=O) groups is 1. The van der Waals surface area contributed by atoms with E-state index in [1.54, 1.807) is 19.1 Å². The first-order valence-corrected chi connectivity index (χ1v) is 5.71. The van der Waals surface area contributed by atoms with Gasteiger partial charge in [-0.15, -0.1) is 0 Å². The summed E-state index contributed by atoms with van der Waals surface area (Å²) < 4.78 is 15.0. The lowest BCUT2D eigenvalue weighted by Gasteiger charge is -2.12. The topological polar surface area (TPSA) is 80.6 Å². The minimum Gasteiger partial charge on any atom is -0.493 e. The molecule has 0 unspecified atom stereocenters. The molecule has 0 aliphatic carbocycles. The second-order valence-electron chi connectivity index (χ2n) is 3.52. The Hall–Kier alpha value is -2.42. The van der Waals surface area contributed by atoms with E-state index in [1.165, 1.54) is 14.2 Å². The molecule has 0 aliphatic heterocycles. The lowest BCUT2D eigenvalue weighted by atomic mass is 10.1. The highest BCUT2D eigenvalue weighted by molar-refractivity contribution is 5.76. The van der Waals surface area contributed by atoms with E-state index in [-0.39, 0.29) is 12.5 Å². The van der Waals surface area contributed by atoms with Crippen LogP contribution in [0.15, 0.2) is 12.1 Å². The van der Waals surface area contributed by atoms with Crippen LogP contribution in [0.2, 0.25) is 0 Å². The molecule has 0 bridgehead atoms. The van der Waals surface area contributed by atoms with Crippen LogP contribution in [0.3, 0.4) is 0 Å². The third-order valence-corrected chi connectivity index (χ3v) is 2.37. The molecule has 1 aromatic carbocycles. The van der Waals surface area contributed by atoms with Crippen LogP contribution < -0.4 is 14.8 Å². The number of hydrogen-bond donors (Lipinski definition) is 1. The molecule has 19 heavy (non-hydrogen) atoms. The van der Waals surface area contributed by atoms with Gasteiger partial charge >= 0.3 is 5.97 Å². The van der Waals surface area contributed by atoms with Crippen molar-refractivity contribution in [3.05, 3.63) is 17.7 Å². The summed E-state index contributed by atoms with van der Waals surface area (Å²) in [7, 11) is 2.99. The maximum Gasteiger partial charge on any atom is 0.325 e. The Morgan fingerprint density at radius 2 is 1.95 bits per heavy atom. The van der Waals surface area contributed by atoms with E-state index in [9.17, 15) is 4.79 Å². The normalized spacial score (nSPS) is 9.37. The molecule has 1 rings (SSSR count). The summed E-state index contributed by atoms with van der Waals surface area (Å²) >= 11 is 0. The van der Waals surface area contributed by atoms with Gasteiger partial charge in [-0.3, -0.25) is 4.79 Å². The summed E-state index contributed by atoms with van der Waals surface area (Å²) in [6, 6.07) is 5.18. The Labute approximate surface area is 111 Å². The Morgan fingerprint density at radius 1 is 1.32 bits per heavy atom. The van der Waals surface area contributed by atoms with E-state index in [0.717, 1.165) is 0 Å². The van der Waals surface area contributed by atoms with Gasteiger partial charge in [0.1, 0.15) is 12.6 Å². The molecule has 0 heterocycles. The molecular weight excluding hydrogens is 248 g/mol. The van der Waals surface area contributed by atoms with Gasteiger partial charge < -0.3 is 19.5 Å². The highest BCUT2D eigenvalue weighted by Gasteiger charge is 2.12. The maximum atomic E-state index is 11.3. The highest BCUT2D eigenvalue weighted by Crippen LogP contribution is 2.32. The minimum absolute atomic E-state index is 0.0159. The van der Waals surface area contributed by atoms with Crippen molar-refractivity contribution in [3.8, 4) is 17.6 Å². The molecule has 0 saturated carbocycles. The largest absolute Gasteiger partial charge is 0.493 e. The molecule has 0 fully saturated rings. The summed E-state index contributed by atoms with van der Waals surface area (Å²) in [5.74, 6) is 0.551. The standard InChI is InChI=1S/C13H16N2O4/c1-4-19-13(16)8-15-10-6-12(18-3)11(17-2)5-9(10)7-14/h5-6,15H,4,8H2,1-3H3. The van der Waals surface area contributed by atoms with Crippen molar-refractivity contribution in [3.63, 3.8) is 0 Å². The zero-order valence-electron chi connectivity index (χ0n) is 11.1. The molecule has 102 valence electrons. The second-order valence-corrected chi connectivity index (χ2v) is 3.52. The fourth-order valence-corrected chi connectivity index (χ4v) is 1.50. The van der Waals surface area contributed by atoms with Crippen LogP contribution in [0.4, 0.5) is 5.69 Å². The first-order chi connectivity index (χ1) is 9.15. The fraction of sp³-hybridized carbons (Fsp3) is 0.385. The van der Waals surface area contributed by atoms with Gasteiger partial charge in [0.15, 0.2) is 11.5 Å². The second kappa shape index (κ2) is 7.11. The molecule has 0 aromatic heterocycles. The third kappa shape index (κ3) is 3.78. The fourth-order valence-electron chi connectivity index (χ4n) is 1.50. The molecule has 0 saturated heterocycles. The zero-order valence-corrected chi connectivity index (χ0v) is 11.1. The smallest absolute Gasteiger partial charge is 0.325 e. The number of methoxy groups -OCH3 is 2. The number of carbonyl (C=O) groups excluding carboxylic acids is 1. The van der Waals surface area contributed by atoms with Gasteiger partial charge in [-0.25, -0.2) is 0 Å². The number of nitrogens with zero attached hydrogens (tertiary/aromatic N) is 1. The summed E-state index contributed by atoms with van der Waals surface area (Å²) in [5, 5.41) is 11.9. The lowest BCUT2D eigenvalue weighted by molar-refractivity contribution is -0.140. The molecule has 0 radical (unpaired) electrons. The monoisotopic (exact) mass is 264 g/mol. The molecule has 0 atom stereocenters. The summed E-state index contributed by atoms with van der Waals surface area (Å²) in [4.78, 5) is 11.3. The number of anilines is 1. The van der Waals surface area contributed by atoms with Crippen molar-refractivity contribution in [2.24, 2.45) is 0 Å². The predicted molar refractivity (Wildman–Crippen MR) is 69.4 cm³/mol. The molecule has 1 aromatic rings. The van der Waals surface area contributed by atoms with Crippen LogP contribution in [0, 0.1) is 11.3 Å². The molecule has 0 spiro atoms. The van der Waals surface area contributed by atoms with Gasteiger partial charge in [0.2, 0.25) is 0 Å². The number of nitrogens with one attached hydrogen (secondary N) is 1. The third-order valence-electron chi connectivity index (χ3n) is 2.37. The number of ether oxygens (including phenoxy) is 3. The van der Waals surface area contributed by atoms with E-state index in [2.05, 4.69) is 5.32 Å². The molecular formula is C13H16N2O4. The number of rotatable bonds is 6. The Bertz CT molecular complexity index is 494.